The molecular weight excluding hydrogens is 240 g/mol. The first-order chi connectivity index (χ1) is 9.00. The highest BCUT2D eigenvalue weighted by Crippen LogP contribution is 2.29. The summed E-state index contributed by atoms with van der Waals surface area (Å²) in [7, 11) is 1.65. The molecule has 2 heterocycles. The van der Waals surface area contributed by atoms with Crippen LogP contribution < -0.4 is 4.74 Å². The summed E-state index contributed by atoms with van der Waals surface area (Å²) in [6, 6.07) is 4.00. The fraction of sp³-hybridized carbons (Fsp3) is 0.667. The molecule has 0 aromatic carbocycles. The topological polar surface area (TPSA) is 45.6 Å². The summed E-state index contributed by atoms with van der Waals surface area (Å²) in [5.41, 5.74) is 1.25. The van der Waals surface area contributed by atoms with Gasteiger partial charge in [0.15, 0.2) is 0 Å². The molecule has 1 saturated heterocycles. The van der Waals surface area contributed by atoms with Crippen LogP contribution in [-0.2, 0) is 6.54 Å². The average Bonchev–Trinajstić information content (AvgIpc) is 2.47. The van der Waals surface area contributed by atoms with E-state index in [0.29, 0.717) is 5.88 Å². The Hall–Kier alpha value is -1.13. The molecule has 19 heavy (non-hydrogen) atoms. The van der Waals surface area contributed by atoms with Gasteiger partial charge in [0.05, 0.1) is 13.2 Å². The molecule has 2 rings (SSSR count). The number of ether oxygens (including phenoxy) is 1. The Morgan fingerprint density at radius 3 is 3.05 bits per heavy atom. The van der Waals surface area contributed by atoms with Gasteiger partial charge in [-0.3, -0.25) is 4.90 Å². The van der Waals surface area contributed by atoms with Crippen LogP contribution in [0.4, 0.5) is 0 Å². The zero-order valence-corrected chi connectivity index (χ0v) is 12.1. The Morgan fingerprint density at radius 1 is 1.53 bits per heavy atom. The van der Waals surface area contributed by atoms with Gasteiger partial charge >= 0.3 is 0 Å². The molecule has 1 aliphatic rings. The van der Waals surface area contributed by atoms with E-state index >= 15 is 0 Å². The number of likely N-dealkylation sites (tertiary alicyclic amines) is 1. The van der Waals surface area contributed by atoms with Crippen LogP contribution in [0.1, 0.15) is 32.3 Å². The van der Waals surface area contributed by atoms with E-state index in [1.54, 1.807) is 13.3 Å². The number of aliphatic hydroxyl groups excluding tert-OH is 1. The third-order valence-electron chi connectivity index (χ3n) is 3.66. The monoisotopic (exact) mass is 264 g/mol. The van der Waals surface area contributed by atoms with Gasteiger partial charge in [-0.1, -0.05) is 19.9 Å². The second kappa shape index (κ2) is 5.88. The summed E-state index contributed by atoms with van der Waals surface area (Å²) in [4.78, 5) is 6.62. The molecule has 0 amide bonds. The highest BCUT2D eigenvalue weighted by Gasteiger charge is 2.29. The van der Waals surface area contributed by atoms with E-state index in [4.69, 9.17) is 4.74 Å². The Morgan fingerprint density at radius 2 is 2.32 bits per heavy atom. The number of hydrogen-bond acceptors (Lipinski definition) is 4. The molecule has 1 aromatic rings. The molecule has 0 saturated carbocycles. The van der Waals surface area contributed by atoms with Crippen molar-refractivity contribution in [3.8, 4) is 5.88 Å². The van der Waals surface area contributed by atoms with Crippen LogP contribution in [0.15, 0.2) is 18.3 Å². The lowest BCUT2D eigenvalue weighted by atomic mass is 9.87. The minimum absolute atomic E-state index is 0.144. The van der Waals surface area contributed by atoms with Crippen LogP contribution in [0.3, 0.4) is 0 Å². The van der Waals surface area contributed by atoms with Crippen molar-refractivity contribution in [1.82, 2.24) is 9.88 Å². The molecule has 0 bridgehead atoms. The third-order valence-corrected chi connectivity index (χ3v) is 3.66. The van der Waals surface area contributed by atoms with Crippen molar-refractivity contribution in [3.63, 3.8) is 0 Å². The molecule has 0 radical (unpaired) electrons. The van der Waals surface area contributed by atoms with E-state index in [-0.39, 0.29) is 11.5 Å². The van der Waals surface area contributed by atoms with Crippen LogP contribution in [0.2, 0.25) is 0 Å². The minimum Gasteiger partial charge on any atom is -0.481 e. The molecule has 1 fully saturated rings. The van der Waals surface area contributed by atoms with Gasteiger partial charge in [-0.2, -0.15) is 0 Å². The van der Waals surface area contributed by atoms with Crippen LogP contribution in [0.25, 0.3) is 0 Å². The van der Waals surface area contributed by atoms with E-state index in [1.807, 2.05) is 6.07 Å². The van der Waals surface area contributed by atoms with E-state index in [2.05, 4.69) is 29.8 Å². The molecule has 1 aliphatic heterocycles. The summed E-state index contributed by atoms with van der Waals surface area (Å²) in [6.45, 7) is 7.17. The average molecular weight is 264 g/mol. The number of nitrogens with zero attached hydrogens (tertiary/aromatic N) is 2. The highest BCUT2D eigenvalue weighted by atomic mass is 16.5. The van der Waals surface area contributed by atoms with E-state index in [9.17, 15) is 5.11 Å². The van der Waals surface area contributed by atoms with Crippen molar-refractivity contribution >= 4 is 0 Å². The quantitative estimate of drug-likeness (QED) is 0.908. The molecule has 0 spiro atoms. The molecule has 1 N–H and O–H groups in total. The maximum Gasteiger partial charge on any atom is 0.217 e. The molecule has 0 aliphatic carbocycles. The first-order valence-corrected chi connectivity index (χ1v) is 6.88. The van der Waals surface area contributed by atoms with Crippen LogP contribution >= 0.6 is 0 Å². The first kappa shape index (κ1) is 14.3. The van der Waals surface area contributed by atoms with E-state index in [0.717, 1.165) is 38.0 Å². The molecular formula is C15H24N2O2. The maximum atomic E-state index is 9.95. The molecule has 4 heteroatoms. The van der Waals surface area contributed by atoms with Gasteiger partial charge in [-0.15, -0.1) is 0 Å². The lowest BCUT2D eigenvalue weighted by Crippen LogP contribution is -2.32. The fourth-order valence-corrected chi connectivity index (χ4v) is 2.92. The van der Waals surface area contributed by atoms with Crippen LogP contribution in [0.5, 0.6) is 5.88 Å². The smallest absolute Gasteiger partial charge is 0.217 e. The van der Waals surface area contributed by atoms with Gasteiger partial charge in [0.2, 0.25) is 5.88 Å². The zero-order valence-electron chi connectivity index (χ0n) is 12.1. The first-order valence-electron chi connectivity index (χ1n) is 6.88. The Labute approximate surface area is 115 Å². The Balaban J connectivity index is 2.09. The van der Waals surface area contributed by atoms with E-state index < -0.39 is 0 Å². The van der Waals surface area contributed by atoms with Crippen molar-refractivity contribution in [1.29, 1.82) is 0 Å². The van der Waals surface area contributed by atoms with Gasteiger partial charge in [0, 0.05) is 31.4 Å². The number of aromatic nitrogens is 1. The highest BCUT2D eigenvalue weighted by molar-refractivity contribution is 5.25. The summed E-state index contributed by atoms with van der Waals surface area (Å²) < 4.78 is 5.30. The summed E-state index contributed by atoms with van der Waals surface area (Å²) in [5.74, 6) is 0.699. The van der Waals surface area contributed by atoms with Gasteiger partial charge < -0.3 is 9.84 Å². The van der Waals surface area contributed by atoms with Crippen molar-refractivity contribution in [2.24, 2.45) is 5.41 Å². The fourth-order valence-electron chi connectivity index (χ4n) is 2.92. The molecule has 1 aromatic heterocycles. The maximum absolute atomic E-state index is 9.95. The number of hydrogen-bond donors (Lipinski definition) is 1. The number of pyridine rings is 1. The van der Waals surface area contributed by atoms with Crippen molar-refractivity contribution in [2.45, 2.75) is 39.3 Å². The predicted molar refractivity (Wildman–Crippen MR) is 75.1 cm³/mol. The van der Waals surface area contributed by atoms with Gasteiger partial charge in [-0.25, -0.2) is 4.98 Å². The SMILES string of the molecule is COc1ncccc1CN1CC[C@@H](O)CC(C)(C)C1. The van der Waals surface area contributed by atoms with Crippen LogP contribution in [0, 0.1) is 5.41 Å². The third kappa shape index (κ3) is 3.91. The van der Waals surface area contributed by atoms with Gasteiger partial charge in [0.25, 0.3) is 0 Å². The second-order valence-corrected chi connectivity index (χ2v) is 6.19. The second-order valence-electron chi connectivity index (χ2n) is 6.19. The summed E-state index contributed by atoms with van der Waals surface area (Å²) >= 11 is 0. The van der Waals surface area contributed by atoms with Gasteiger partial charge in [-0.05, 0) is 24.3 Å². The molecule has 1 atom stereocenters. The summed E-state index contributed by atoms with van der Waals surface area (Å²) in [5, 5.41) is 9.95. The standard InChI is InChI=1S/C15H24N2O2/c1-15(2)9-13(18)6-8-17(11-15)10-12-5-4-7-16-14(12)19-3/h4-5,7,13,18H,6,8-11H2,1-3H3/t13-/m1/s1. The lowest BCUT2D eigenvalue weighted by Gasteiger charge is -2.29. The molecule has 4 nitrogen and oxygen atoms in total. The molecule has 0 unspecified atom stereocenters. The minimum atomic E-state index is -0.184. The summed E-state index contributed by atoms with van der Waals surface area (Å²) in [6.07, 6.45) is 3.27. The zero-order chi connectivity index (χ0) is 13.9. The Kier molecular flexibility index (Phi) is 4.42. The molecule has 106 valence electrons. The van der Waals surface area contributed by atoms with Gasteiger partial charge in [0.1, 0.15) is 0 Å². The number of methoxy groups -OCH3 is 1. The normalized spacial score (nSPS) is 23.9. The Bertz CT molecular complexity index is 420. The predicted octanol–water partition coefficient (Wildman–Crippen LogP) is 2.07. The van der Waals surface area contributed by atoms with Crippen molar-refractivity contribution < 1.29 is 9.84 Å². The number of aliphatic hydroxyl groups is 1. The number of rotatable bonds is 3. The van der Waals surface area contributed by atoms with Crippen LogP contribution in [-0.4, -0.2) is 41.3 Å². The van der Waals surface area contributed by atoms with E-state index in [1.165, 1.54) is 0 Å². The van der Waals surface area contributed by atoms with Crippen molar-refractivity contribution in [2.75, 3.05) is 20.2 Å². The van der Waals surface area contributed by atoms with Crippen molar-refractivity contribution in [3.05, 3.63) is 23.9 Å². The largest absolute Gasteiger partial charge is 0.481 e. The lowest BCUT2D eigenvalue weighted by molar-refractivity contribution is 0.121.